The predicted octanol–water partition coefficient (Wildman–Crippen LogP) is -3.39. The minimum Gasteiger partial charge on any atom is -0.481 e. The van der Waals surface area contributed by atoms with Gasteiger partial charge in [-0.2, -0.15) is 0 Å². The van der Waals surface area contributed by atoms with Crippen LogP contribution in [0.4, 0.5) is 0 Å². The van der Waals surface area contributed by atoms with Gasteiger partial charge in [0.05, 0.1) is 19.0 Å². The average Bonchev–Trinajstić information content (AvgIpc) is 3.25. The number of aliphatic carboxylic acids is 2. The SMILES string of the molecule is CC(C)[C@H](NC(=O)[C@H](CCCCN)NC(=O)[C@@H](NC(=O)[C@H](CCC(=O)O)NC(=O)[C@H](CC(=O)O)NC(=O)CN)C(C)C)C(=O)N[C@@H](Cc1ccccc1)C(=O)N[C@H](C=O)CCCN=C(N)N. The molecule has 1 rings (SSSR count). The van der Waals surface area contributed by atoms with Gasteiger partial charge < -0.3 is 75.2 Å². The normalized spacial score (nSPS) is 14.1. The van der Waals surface area contributed by atoms with E-state index in [1.165, 1.54) is 0 Å². The van der Waals surface area contributed by atoms with E-state index in [0.29, 0.717) is 31.1 Å². The molecule has 0 radical (unpaired) electrons. The Labute approximate surface area is 383 Å². The molecule has 0 heterocycles. The number of amides is 7. The number of aliphatic imine (C=N–C) groups is 1. The Balaban J connectivity index is 3.38. The number of aldehydes is 1. The molecule has 24 heteroatoms. The number of carboxylic acids is 2. The number of carbonyl (C=O) groups is 10. The molecule has 1 aromatic rings. The molecule has 66 heavy (non-hydrogen) atoms. The Morgan fingerprint density at radius 2 is 1.12 bits per heavy atom. The molecule has 7 amide bonds. The fourth-order valence-corrected chi connectivity index (χ4v) is 6.34. The number of nitrogens with one attached hydrogen (secondary N) is 7. The number of nitrogens with two attached hydrogens (primary N) is 4. The second-order valence-electron chi connectivity index (χ2n) is 16.2. The van der Waals surface area contributed by atoms with Gasteiger partial charge in [-0.3, -0.25) is 48.1 Å². The maximum Gasteiger partial charge on any atom is 0.305 e. The number of nitrogens with zero attached hydrogens (tertiary/aromatic N) is 1. The van der Waals surface area contributed by atoms with Gasteiger partial charge in [0.2, 0.25) is 41.4 Å². The third kappa shape index (κ3) is 22.3. The summed E-state index contributed by atoms with van der Waals surface area (Å²) in [4.78, 5) is 133. The second kappa shape index (κ2) is 30.4. The lowest BCUT2D eigenvalue weighted by atomic mass is 9.99. The van der Waals surface area contributed by atoms with Gasteiger partial charge in [-0.15, -0.1) is 0 Å². The van der Waals surface area contributed by atoms with Crippen LogP contribution < -0.4 is 60.2 Å². The zero-order chi connectivity index (χ0) is 49.9. The van der Waals surface area contributed by atoms with Crippen LogP contribution in [0.25, 0.3) is 0 Å². The monoisotopic (exact) mass is 933 g/mol. The van der Waals surface area contributed by atoms with E-state index in [9.17, 15) is 58.2 Å². The number of hydrogen-bond donors (Lipinski definition) is 13. The van der Waals surface area contributed by atoms with Crippen molar-refractivity contribution in [1.82, 2.24) is 37.2 Å². The van der Waals surface area contributed by atoms with Gasteiger partial charge in [0.15, 0.2) is 5.96 Å². The maximum atomic E-state index is 14.0. The summed E-state index contributed by atoms with van der Waals surface area (Å²) in [5, 5.41) is 36.1. The fraction of sp³-hybridized carbons (Fsp3) is 0.595. The van der Waals surface area contributed by atoms with E-state index in [2.05, 4.69) is 42.2 Å². The Kier molecular flexibility index (Phi) is 26.4. The highest BCUT2D eigenvalue weighted by Gasteiger charge is 2.35. The predicted molar refractivity (Wildman–Crippen MR) is 240 cm³/mol. The first-order valence-electron chi connectivity index (χ1n) is 21.6. The van der Waals surface area contributed by atoms with Crippen LogP contribution in [0.5, 0.6) is 0 Å². The first-order chi connectivity index (χ1) is 31.1. The van der Waals surface area contributed by atoms with E-state index in [-0.39, 0.29) is 38.3 Å². The molecule has 0 unspecified atom stereocenters. The van der Waals surface area contributed by atoms with Crippen LogP contribution in [0, 0.1) is 11.8 Å². The Bertz CT molecular complexity index is 1830. The van der Waals surface area contributed by atoms with Gasteiger partial charge in [0, 0.05) is 19.4 Å². The van der Waals surface area contributed by atoms with Gasteiger partial charge in [0.25, 0.3) is 0 Å². The number of benzene rings is 1. The van der Waals surface area contributed by atoms with Gasteiger partial charge in [-0.25, -0.2) is 0 Å². The van der Waals surface area contributed by atoms with E-state index in [0.717, 1.165) is 0 Å². The highest BCUT2D eigenvalue weighted by molar-refractivity contribution is 5.98. The molecule has 24 nitrogen and oxygen atoms in total. The largest absolute Gasteiger partial charge is 0.481 e. The summed E-state index contributed by atoms with van der Waals surface area (Å²) in [6.45, 7) is 6.31. The van der Waals surface area contributed by atoms with Crippen LogP contribution >= 0.6 is 0 Å². The van der Waals surface area contributed by atoms with Crippen LogP contribution in [-0.2, 0) is 54.4 Å². The van der Waals surface area contributed by atoms with Crippen LogP contribution in [0.3, 0.4) is 0 Å². The number of unbranched alkanes of at least 4 members (excludes halogenated alkanes) is 1. The molecule has 0 spiro atoms. The highest BCUT2D eigenvalue weighted by atomic mass is 16.4. The van der Waals surface area contributed by atoms with Crippen LogP contribution in [0.1, 0.15) is 84.6 Å². The summed E-state index contributed by atoms with van der Waals surface area (Å²) in [5.41, 5.74) is 22.4. The van der Waals surface area contributed by atoms with Crippen molar-refractivity contribution in [2.75, 3.05) is 19.6 Å². The molecular formula is C42H68N12O12. The Morgan fingerprint density at radius 3 is 1.61 bits per heavy atom. The Morgan fingerprint density at radius 1 is 0.606 bits per heavy atom. The number of rotatable bonds is 32. The quantitative estimate of drug-likeness (QED) is 0.0145. The lowest BCUT2D eigenvalue weighted by Gasteiger charge is -2.29. The van der Waals surface area contributed by atoms with E-state index in [4.69, 9.17) is 22.9 Å². The smallest absolute Gasteiger partial charge is 0.305 e. The molecule has 0 aliphatic rings. The van der Waals surface area contributed by atoms with E-state index in [1.807, 2.05) is 0 Å². The third-order valence-electron chi connectivity index (χ3n) is 9.94. The van der Waals surface area contributed by atoms with Crippen molar-refractivity contribution in [2.24, 2.45) is 39.8 Å². The minimum absolute atomic E-state index is 0.0193. The summed E-state index contributed by atoms with van der Waals surface area (Å²) < 4.78 is 0. The highest BCUT2D eigenvalue weighted by Crippen LogP contribution is 2.12. The average molecular weight is 933 g/mol. The summed E-state index contributed by atoms with van der Waals surface area (Å²) in [6, 6.07) is -0.618. The van der Waals surface area contributed by atoms with Gasteiger partial charge >= 0.3 is 11.9 Å². The van der Waals surface area contributed by atoms with Crippen LogP contribution in [-0.4, -0.2) is 138 Å². The molecule has 0 aliphatic carbocycles. The van der Waals surface area contributed by atoms with Gasteiger partial charge in [-0.05, 0) is 62.5 Å². The van der Waals surface area contributed by atoms with Crippen molar-refractivity contribution in [3.05, 3.63) is 35.9 Å². The molecule has 0 saturated heterocycles. The summed E-state index contributed by atoms with van der Waals surface area (Å²) in [7, 11) is 0. The molecule has 17 N–H and O–H groups in total. The number of guanidine groups is 1. The second-order valence-corrected chi connectivity index (χ2v) is 16.2. The van der Waals surface area contributed by atoms with E-state index in [1.54, 1.807) is 58.0 Å². The van der Waals surface area contributed by atoms with Gasteiger partial charge in [0.1, 0.15) is 42.5 Å². The molecule has 0 aromatic heterocycles. The zero-order valence-electron chi connectivity index (χ0n) is 37.9. The number of carbonyl (C=O) groups excluding carboxylic acids is 8. The van der Waals surface area contributed by atoms with Crippen molar-refractivity contribution < 1.29 is 58.2 Å². The molecule has 368 valence electrons. The van der Waals surface area contributed by atoms with Crippen LogP contribution in [0.15, 0.2) is 35.3 Å². The van der Waals surface area contributed by atoms with Crippen molar-refractivity contribution >= 4 is 65.5 Å². The van der Waals surface area contributed by atoms with Crippen molar-refractivity contribution in [1.29, 1.82) is 0 Å². The van der Waals surface area contributed by atoms with Gasteiger partial charge in [-0.1, -0.05) is 58.0 Å². The first kappa shape index (κ1) is 57.3. The van der Waals surface area contributed by atoms with Crippen molar-refractivity contribution in [2.45, 2.75) is 128 Å². The molecule has 0 aliphatic heterocycles. The summed E-state index contributed by atoms with van der Waals surface area (Å²) >= 11 is 0. The van der Waals surface area contributed by atoms with Crippen LogP contribution in [0.2, 0.25) is 0 Å². The van der Waals surface area contributed by atoms with E-state index >= 15 is 0 Å². The minimum atomic E-state index is -1.69. The van der Waals surface area contributed by atoms with Crippen molar-refractivity contribution in [3.8, 4) is 0 Å². The zero-order valence-corrected chi connectivity index (χ0v) is 37.9. The Hall–Kier alpha value is -6.69. The maximum absolute atomic E-state index is 14.0. The number of hydrogen-bond acceptors (Lipinski definition) is 13. The van der Waals surface area contributed by atoms with Crippen molar-refractivity contribution in [3.63, 3.8) is 0 Å². The molecule has 0 saturated carbocycles. The first-order valence-corrected chi connectivity index (χ1v) is 21.6. The van der Waals surface area contributed by atoms with E-state index < -0.39 is 133 Å². The molecule has 0 fully saturated rings. The molecule has 7 atom stereocenters. The summed E-state index contributed by atoms with van der Waals surface area (Å²) in [5.74, 6) is -10.3. The lowest BCUT2D eigenvalue weighted by Crippen LogP contribution is -2.61. The topological polar surface area (TPSA) is 412 Å². The molecular weight excluding hydrogens is 865 g/mol. The fourth-order valence-electron chi connectivity index (χ4n) is 6.34. The number of carboxylic acid groups (broad SMARTS) is 2. The molecule has 0 bridgehead atoms. The lowest BCUT2D eigenvalue weighted by molar-refractivity contribution is -0.141. The third-order valence-corrected chi connectivity index (χ3v) is 9.94. The standard InChI is InChI=1S/C42H68N12O12/c1-23(2)34(54-37(62)28(15-16-32(57)58)50-39(64)30(20-33(59)60)49-31(56)21-44)40(65)51-27(14-8-9-17-43)36(61)53-35(24(3)4)41(66)52-29(19-25-11-6-5-7-12-25)38(63)48-26(22-55)13-10-18-47-42(45)46/h5-7,11-12,22-24,26-30,34-35H,8-10,13-21,43-44H2,1-4H3,(H,48,63)(H,49,56)(H,50,64)(H,51,65)(H,52,66)(H,53,61)(H,54,62)(H,57,58)(H,59,60)(H4,45,46,47)/t26-,27-,28-,29-,30-,34-,35-/m0/s1. The molecule has 1 aromatic carbocycles. The summed E-state index contributed by atoms with van der Waals surface area (Å²) in [6.07, 6.45) is -0.0622.